The summed E-state index contributed by atoms with van der Waals surface area (Å²) in [5.74, 6) is -2.47. The lowest BCUT2D eigenvalue weighted by Crippen LogP contribution is -2.47. The second-order valence-electron chi connectivity index (χ2n) is 2.58. The zero-order chi connectivity index (χ0) is 10.6. The first-order valence-corrected chi connectivity index (χ1v) is 3.60. The lowest BCUT2D eigenvalue weighted by molar-refractivity contribution is -0.153. The third-order valence-corrected chi connectivity index (χ3v) is 1.73. The van der Waals surface area contributed by atoms with E-state index in [1.165, 1.54) is 13.8 Å². The Morgan fingerprint density at radius 1 is 1.15 bits per heavy atom. The molecule has 0 aliphatic heterocycles. The number of carboxylic acids is 2. The van der Waals surface area contributed by atoms with E-state index in [0.717, 1.165) is 4.90 Å². The summed E-state index contributed by atoms with van der Waals surface area (Å²) in [6.07, 6.45) is 0.220. The zero-order valence-electron chi connectivity index (χ0n) is 7.30. The summed E-state index contributed by atoms with van der Waals surface area (Å²) in [6, 6.07) is -2.27. The Hall–Kier alpha value is -1.59. The molecule has 0 radical (unpaired) electrons. The zero-order valence-corrected chi connectivity index (χ0v) is 7.30. The minimum atomic E-state index is -1.24. The minimum Gasteiger partial charge on any atom is -0.480 e. The number of nitrogens with zero attached hydrogens (tertiary/aromatic N) is 1. The van der Waals surface area contributed by atoms with Gasteiger partial charge in [-0.1, -0.05) is 0 Å². The van der Waals surface area contributed by atoms with Crippen molar-refractivity contribution < 1.29 is 24.6 Å². The third kappa shape index (κ3) is 2.73. The molecule has 0 aliphatic rings. The smallest absolute Gasteiger partial charge is 0.326 e. The molecule has 0 heterocycles. The molecule has 0 bridgehead atoms. The normalized spacial score (nSPS) is 14.3. The van der Waals surface area contributed by atoms with E-state index in [4.69, 9.17) is 10.2 Å². The predicted molar refractivity (Wildman–Crippen MR) is 42.1 cm³/mol. The molecular formula is C7H11NO5. The molecule has 2 N–H and O–H groups in total. The van der Waals surface area contributed by atoms with Gasteiger partial charge in [-0.25, -0.2) is 9.59 Å². The lowest BCUT2D eigenvalue weighted by Gasteiger charge is -2.25. The summed E-state index contributed by atoms with van der Waals surface area (Å²) in [7, 11) is 0. The first-order chi connectivity index (χ1) is 5.91. The van der Waals surface area contributed by atoms with Crippen LogP contribution in [0.3, 0.4) is 0 Å². The monoisotopic (exact) mass is 189 g/mol. The molecule has 0 aliphatic carbocycles. The number of hydrogen-bond donors (Lipinski definition) is 2. The van der Waals surface area contributed by atoms with Gasteiger partial charge in [-0.2, -0.15) is 0 Å². The van der Waals surface area contributed by atoms with Crippen LogP contribution in [0.4, 0.5) is 0 Å². The molecule has 0 saturated heterocycles. The number of rotatable bonds is 5. The van der Waals surface area contributed by atoms with Gasteiger partial charge in [-0.3, -0.25) is 4.79 Å². The molecule has 0 rings (SSSR count). The van der Waals surface area contributed by atoms with Gasteiger partial charge in [0.25, 0.3) is 0 Å². The Balaban J connectivity index is 4.59. The fourth-order valence-corrected chi connectivity index (χ4v) is 0.773. The Morgan fingerprint density at radius 2 is 1.46 bits per heavy atom. The maximum absolute atomic E-state index is 10.4. The van der Waals surface area contributed by atoms with E-state index in [2.05, 4.69) is 0 Å². The standard InChI is InChI=1S/C7H11NO5/c1-4(6(10)11)8(3-9)5(2)7(12)13/h3-5H,1-2H3,(H,10,11)(H,12,13). The number of hydrogen-bond acceptors (Lipinski definition) is 3. The van der Waals surface area contributed by atoms with Crippen LogP contribution < -0.4 is 0 Å². The molecule has 13 heavy (non-hydrogen) atoms. The maximum Gasteiger partial charge on any atom is 0.326 e. The van der Waals surface area contributed by atoms with E-state index in [-0.39, 0.29) is 6.41 Å². The van der Waals surface area contributed by atoms with E-state index in [1.54, 1.807) is 0 Å². The van der Waals surface area contributed by atoms with Gasteiger partial charge in [0.2, 0.25) is 6.41 Å². The summed E-state index contributed by atoms with van der Waals surface area (Å²) in [5.41, 5.74) is 0. The van der Waals surface area contributed by atoms with Crippen molar-refractivity contribution in [3.05, 3.63) is 0 Å². The van der Waals surface area contributed by atoms with Gasteiger partial charge in [0, 0.05) is 0 Å². The van der Waals surface area contributed by atoms with E-state index < -0.39 is 24.0 Å². The van der Waals surface area contributed by atoms with Crippen molar-refractivity contribution in [3.63, 3.8) is 0 Å². The quantitative estimate of drug-likeness (QED) is 0.562. The van der Waals surface area contributed by atoms with Gasteiger partial charge in [0.05, 0.1) is 0 Å². The average molecular weight is 189 g/mol. The molecule has 2 atom stereocenters. The first-order valence-electron chi connectivity index (χ1n) is 3.60. The Bertz CT molecular complexity index is 207. The van der Waals surface area contributed by atoms with E-state index in [0.29, 0.717) is 0 Å². The van der Waals surface area contributed by atoms with Crippen LogP contribution in [-0.2, 0) is 14.4 Å². The fourth-order valence-electron chi connectivity index (χ4n) is 0.773. The third-order valence-electron chi connectivity index (χ3n) is 1.73. The molecule has 2 unspecified atom stereocenters. The first kappa shape index (κ1) is 11.4. The Morgan fingerprint density at radius 3 is 1.62 bits per heavy atom. The summed E-state index contributed by atoms with van der Waals surface area (Å²) < 4.78 is 0. The largest absolute Gasteiger partial charge is 0.480 e. The molecule has 6 heteroatoms. The fraction of sp³-hybridized carbons (Fsp3) is 0.571. The lowest BCUT2D eigenvalue weighted by atomic mass is 10.2. The van der Waals surface area contributed by atoms with Crippen molar-refractivity contribution in [2.24, 2.45) is 0 Å². The number of aliphatic carboxylic acids is 2. The average Bonchev–Trinajstić information content (AvgIpc) is 2.04. The van der Waals surface area contributed by atoms with Gasteiger partial charge in [0.15, 0.2) is 0 Å². The minimum absolute atomic E-state index is 0.220. The van der Waals surface area contributed by atoms with E-state index in [1.807, 2.05) is 0 Å². The Labute approximate surface area is 74.8 Å². The second-order valence-corrected chi connectivity index (χ2v) is 2.58. The van der Waals surface area contributed by atoms with Gasteiger partial charge in [0.1, 0.15) is 12.1 Å². The molecular weight excluding hydrogens is 178 g/mol. The van der Waals surface area contributed by atoms with Crippen molar-refractivity contribution >= 4 is 18.3 Å². The van der Waals surface area contributed by atoms with Crippen LogP contribution in [0.1, 0.15) is 13.8 Å². The van der Waals surface area contributed by atoms with Gasteiger partial charge in [-0.15, -0.1) is 0 Å². The van der Waals surface area contributed by atoms with Crippen molar-refractivity contribution in [1.29, 1.82) is 0 Å². The highest BCUT2D eigenvalue weighted by Gasteiger charge is 2.27. The number of carboxylic acid groups (broad SMARTS) is 2. The SMILES string of the molecule is CC(C(=O)O)N(C=O)C(C)C(=O)O. The van der Waals surface area contributed by atoms with Crippen molar-refractivity contribution in [2.45, 2.75) is 25.9 Å². The van der Waals surface area contributed by atoms with Crippen LogP contribution >= 0.6 is 0 Å². The van der Waals surface area contributed by atoms with Crippen LogP contribution in [-0.4, -0.2) is 45.5 Å². The van der Waals surface area contributed by atoms with Crippen LogP contribution in [0.5, 0.6) is 0 Å². The van der Waals surface area contributed by atoms with Crippen molar-refractivity contribution in [1.82, 2.24) is 4.90 Å². The summed E-state index contributed by atoms with van der Waals surface area (Å²) in [6.45, 7) is 2.49. The van der Waals surface area contributed by atoms with Gasteiger partial charge < -0.3 is 15.1 Å². The Kier molecular flexibility index (Phi) is 3.90. The summed E-state index contributed by atoms with van der Waals surface area (Å²) in [5, 5.41) is 17.0. The van der Waals surface area contributed by atoms with Gasteiger partial charge >= 0.3 is 11.9 Å². The number of amides is 1. The highest BCUT2D eigenvalue weighted by atomic mass is 16.4. The molecule has 0 spiro atoms. The molecule has 0 fully saturated rings. The van der Waals surface area contributed by atoms with Crippen LogP contribution in [0.2, 0.25) is 0 Å². The number of carbonyl (C=O) groups is 3. The highest BCUT2D eigenvalue weighted by molar-refractivity contribution is 5.80. The molecule has 0 aromatic carbocycles. The summed E-state index contributed by atoms with van der Waals surface area (Å²) in [4.78, 5) is 32.0. The van der Waals surface area contributed by atoms with Crippen LogP contribution in [0, 0.1) is 0 Å². The van der Waals surface area contributed by atoms with Gasteiger partial charge in [-0.05, 0) is 13.8 Å². The van der Waals surface area contributed by atoms with Crippen LogP contribution in [0.25, 0.3) is 0 Å². The molecule has 0 saturated carbocycles. The van der Waals surface area contributed by atoms with E-state index >= 15 is 0 Å². The maximum atomic E-state index is 10.4. The molecule has 6 nitrogen and oxygen atoms in total. The van der Waals surface area contributed by atoms with Crippen molar-refractivity contribution in [3.8, 4) is 0 Å². The summed E-state index contributed by atoms with van der Waals surface area (Å²) >= 11 is 0. The molecule has 1 amide bonds. The topological polar surface area (TPSA) is 94.9 Å². The molecule has 0 aromatic rings. The van der Waals surface area contributed by atoms with E-state index in [9.17, 15) is 14.4 Å². The molecule has 0 aromatic heterocycles. The predicted octanol–water partition coefficient (Wildman–Crippen LogP) is -0.609. The van der Waals surface area contributed by atoms with Crippen molar-refractivity contribution in [2.75, 3.05) is 0 Å². The second kappa shape index (κ2) is 4.44. The highest BCUT2D eigenvalue weighted by Crippen LogP contribution is 2.03. The molecule has 74 valence electrons. The van der Waals surface area contributed by atoms with Crippen LogP contribution in [0.15, 0.2) is 0 Å². The number of carbonyl (C=O) groups excluding carboxylic acids is 1.